The van der Waals surface area contributed by atoms with Gasteiger partial charge in [-0.05, 0) is 44.6 Å². The number of hydrogen-bond donors (Lipinski definition) is 2. The lowest BCUT2D eigenvalue weighted by atomic mass is 10.1. The zero-order valence-corrected chi connectivity index (χ0v) is 12.7. The molecule has 1 atom stereocenters. The lowest BCUT2D eigenvalue weighted by Gasteiger charge is -2.15. The summed E-state index contributed by atoms with van der Waals surface area (Å²) in [5.41, 5.74) is 0.278. The molecule has 21 heavy (non-hydrogen) atoms. The Labute approximate surface area is 129 Å². The van der Waals surface area contributed by atoms with Crippen molar-refractivity contribution in [3.05, 3.63) is 29.8 Å². The normalized spacial score (nSPS) is 18.3. The fourth-order valence-electron chi connectivity index (χ4n) is 2.49. The molecule has 1 unspecified atom stereocenters. The van der Waals surface area contributed by atoms with Gasteiger partial charge in [-0.25, -0.2) is 8.78 Å². The van der Waals surface area contributed by atoms with Gasteiger partial charge in [0.2, 0.25) is 5.91 Å². The zero-order valence-electron chi connectivity index (χ0n) is 11.9. The van der Waals surface area contributed by atoms with Crippen LogP contribution in [0.1, 0.15) is 6.42 Å². The van der Waals surface area contributed by atoms with Gasteiger partial charge < -0.3 is 10.6 Å². The van der Waals surface area contributed by atoms with Crippen LogP contribution in [0.5, 0.6) is 0 Å². The van der Waals surface area contributed by atoms with Crippen LogP contribution in [-0.2, 0) is 4.79 Å². The smallest absolute Gasteiger partial charge is 0.238 e. The number of nitrogens with one attached hydrogen (secondary N) is 2. The molecule has 4 nitrogen and oxygen atoms in total. The molecule has 2 rings (SSSR count). The van der Waals surface area contributed by atoms with E-state index in [9.17, 15) is 13.6 Å². The highest BCUT2D eigenvalue weighted by Crippen LogP contribution is 2.16. The summed E-state index contributed by atoms with van der Waals surface area (Å²) < 4.78 is 25.8. The SMILES string of the molecule is CNCC1CCN(CC(=O)Nc2ccc(F)c(F)c2)C1.Cl. The van der Waals surface area contributed by atoms with Crippen LogP contribution in [0.2, 0.25) is 0 Å². The van der Waals surface area contributed by atoms with Gasteiger partial charge >= 0.3 is 0 Å². The average Bonchev–Trinajstić information content (AvgIpc) is 2.81. The molecule has 0 bridgehead atoms. The third kappa shape index (κ3) is 5.22. The van der Waals surface area contributed by atoms with E-state index in [1.54, 1.807) is 0 Å². The van der Waals surface area contributed by atoms with Gasteiger partial charge in [-0.3, -0.25) is 9.69 Å². The summed E-state index contributed by atoms with van der Waals surface area (Å²) in [4.78, 5) is 13.9. The van der Waals surface area contributed by atoms with Crippen LogP contribution in [-0.4, -0.2) is 44.0 Å². The Kier molecular flexibility index (Phi) is 7.01. The van der Waals surface area contributed by atoms with Crippen LogP contribution < -0.4 is 10.6 Å². The second kappa shape index (κ2) is 8.26. The Hall–Kier alpha value is -1.24. The first-order valence-electron chi connectivity index (χ1n) is 6.70. The number of halogens is 3. The van der Waals surface area contributed by atoms with Crippen molar-refractivity contribution in [3.63, 3.8) is 0 Å². The van der Waals surface area contributed by atoms with Crippen LogP contribution in [0.3, 0.4) is 0 Å². The highest BCUT2D eigenvalue weighted by molar-refractivity contribution is 5.92. The Bertz CT molecular complexity index is 487. The van der Waals surface area contributed by atoms with Gasteiger partial charge in [0.25, 0.3) is 0 Å². The van der Waals surface area contributed by atoms with E-state index in [2.05, 4.69) is 15.5 Å². The number of benzene rings is 1. The molecule has 0 aromatic heterocycles. The number of carbonyl (C=O) groups excluding carboxylic acids is 1. The molecule has 0 radical (unpaired) electrons. The second-order valence-electron chi connectivity index (χ2n) is 5.12. The van der Waals surface area contributed by atoms with Crippen LogP contribution in [0.25, 0.3) is 0 Å². The topological polar surface area (TPSA) is 44.4 Å². The maximum absolute atomic E-state index is 13.0. The summed E-state index contributed by atoms with van der Waals surface area (Å²) in [5.74, 6) is -1.52. The molecule has 0 saturated carbocycles. The first-order chi connectivity index (χ1) is 9.58. The van der Waals surface area contributed by atoms with E-state index in [-0.39, 0.29) is 30.5 Å². The van der Waals surface area contributed by atoms with E-state index in [1.165, 1.54) is 6.07 Å². The summed E-state index contributed by atoms with van der Waals surface area (Å²) in [6, 6.07) is 3.34. The molecule has 0 spiro atoms. The van der Waals surface area contributed by atoms with Gasteiger partial charge in [0.1, 0.15) is 0 Å². The minimum absolute atomic E-state index is 0. The zero-order chi connectivity index (χ0) is 14.5. The largest absolute Gasteiger partial charge is 0.325 e. The maximum atomic E-state index is 13.0. The van der Waals surface area contributed by atoms with Gasteiger partial charge in [-0.15, -0.1) is 12.4 Å². The van der Waals surface area contributed by atoms with Gasteiger partial charge in [-0.2, -0.15) is 0 Å². The summed E-state index contributed by atoms with van der Waals surface area (Å²) >= 11 is 0. The monoisotopic (exact) mass is 319 g/mol. The van der Waals surface area contributed by atoms with Crippen molar-refractivity contribution in [2.75, 3.05) is 38.5 Å². The van der Waals surface area contributed by atoms with Crippen molar-refractivity contribution in [1.82, 2.24) is 10.2 Å². The van der Waals surface area contributed by atoms with Crippen molar-refractivity contribution in [1.29, 1.82) is 0 Å². The summed E-state index contributed by atoms with van der Waals surface area (Å²) in [7, 11) is 1.92. The van der Waals surface area contributed by atoms with Gasteiger partial charge in [0.15, 0.2) is 11.6 Å². The molecule has 1 saturated heterocycles. The molecule has 7 heteroatoms. The third-order valence-corrected chi connectivity index (χ3v) is 3.43. The number of carbonyl (C=O) groups is 1. The number of rotatable bonds is 5. The molecular weight excluding hydrogens is 300 g/mol. The van der Waals surface area contributed by atoms with E-state index >= 15 is 0 Å². The number of nitrogens with zero attached hydrogens (tertiary/aromatic N) is 1. The highest BCUT2D eigenvalue weighted by atomic mass is 35.5. The fraction of sp³-hybridized carbons (Fsp3) is 0.500. The molecule has 2 N–H and O–H groups in total. The number of amides is 1. The maximum Gasteiger partial charge on any atom is 0.238 e. The van der Waals surface area contributed by atoms with Gasteiger partial charge in [0, 0.05) is 18.3 Å². The standard InChI is InChI=1S/C14H19F2N3O.ClH/c1-17-7-10-4-5-19(8-10)9-14(20)18-11-2-3-12(15)13(16)6-11;/h2-3,6,10,17H,4-5,7-9H2,1H3,(H,18,20);1H. The van der Waals surface area contributed by atoms with E-state index in [0.29, 0.717) is 5.92 Å². The predicted octanol–water partition coefficient (Wildman–Crippen LogP) is 1.87. The first kappa shape index (κ1) is 17.8. The van der Waals surface area contributed by atoms with Crippen LogP contribution in [0.4, 0.5) is 14.5 Å². The molecule has 1 aliphatic rings. The second-order valence-corrected chi connectivity index (χ2v) is 5.12. The molecule has 1 heterocycles. The van der Waals surface area contributed by atoms with E-state index in [1.807, 2.05) is 7.05 Å². The van der Waals surface area contributed by atoms with Crippen molar-refractivity contribution >= 4 is 24.0 Å². The van der Waals surface area contributed by atoms with Crippen LogP contribution >= 0.6 is 12.4 Å². The summed E-state index contributed by atoms with van der Waals surface area (Å²) in [5, 5.41) is 5.71. The van der Waals surface area contributed by atoms with Crippen LogP contribution in [0, 0.1) is 17.6 Å². The Balaban J connectivity index is 0.00000220. The molecule has 0 aliphatic carbocycles. The van der Waals surface area contributed by atoms with Crippen molar-refractivity contribution in [2.24, 2.45) is 5.92 Å². The first-order valence-corrected chi connectivity index (χ1v) is 6.70. The number of hydrogen-bond acceptors (Lipinski definition) is 3. The Morgan fingerprint density at radius 3 is 2.81 bits per heavy atom. The number of likely N-dealkylation sites (tertiary alicyclic amines) is 1. The predicted molar refractivity (Wildman–Crippen MR) is 80.7 cm³/mol. The fourth-order valence-corrected chi connectivity index (χ4v) is 2.49. The van der Waals surface area contributed by atoms with Crippen molar-refractivity contribution in [3.8, 4) is 0 Å². The van der Waals surface area contributed by atoms with E-state index in [4.69, 9.17) is 0 Å². The molecular formula is C14H20ClF2N3O. The quantitative estimate of drug-likeness (QED) is 0.871. The Morgan fingerprint density at radius 2 is 2.14 bits per heavy atom. The molecule has 1 aromatic carbocycles. The van der Waals surface area contributed by atoms with Gasteiger partial charge in [-0.1, -0.05) is 0 Å². The van der Waals surface area contributed by atoms with Crippen molar-refractivity contribution in [2.45, 2.75) is 6.42 Å². The third-order valence-electron chi connectivity index (χ3n) is 3.43. The summed E-state index contributed by atoms with van der Waals surface area (Å²) in [6.07, 6.45) is 1.07. The number of anilines is 1. The minimum Gasteiger partial charge on any atom is -0.325 e. The van der Waals surface area contributed by atoms with Crippen LogP contribution in [0.15, 0.2) is 18.2 Å². The lowest BCUT2D eigenvalue weighted by molar-refractivity contribution is -0.117. The molecule has 1 aliphatic heterocycles. The molecule has 118 valence electrons. The highest BCUT2D eigenvalue weighted by Gasteiger charge is 2.23. The average molecular weight is 320 g/mol. The van der Waals surface area contributed by atoms with Crippen molar-refractivity contribution < 1.29 is 13.6 Å². The van der Waals surface area contributed by atoms with E-state index < -0.39 is 11.6 Å². The molecule has 1 amide bonds. The minimum atomic E-state index is -0.960. The summed E-state index contributed by atoms with van der Waals surface area (Å²) in [6.45, 7) is 2.99. The van der Waals surface area contributed by atoms with E-state index in [0.717, 1.165) is 38.2 Å². The lowest BCUT2D eigenvalue weighted by Crippen LogP contribution is -2.32. The molecule has 1 fully saturated rings. The van der Waals surface area contributed by atoms with Gasteiger partial charge in [0.05, 0.1) is 6.54 Å². The Morgan fingerprint density at radius 1 is 1.38 bits per heavy atom. The molecule has 1 aromatic rings.